The highest BCUT2D eigenvalue weighted by molar-refractivity contribution is 6.31. The van der Waals surface area contributed by atoms with Crippen LogP contribution in [0.3, 0.4) is 0 Å². The zero-order valence-electron chi connectivity index (χ0n) is 14.8. The van der Waals surface area contributed by atoms with E-state index in [1.54, 1.807) is 6.07 Å². The molecule has 1 aromatic carbocycles. The lowest BCUT2D eigenvalue weighted by molar-refractivity contribution is -0.385. The Morgan fingerprint density at radius 1 is 1.43 bits per heavy atom. The molecule has 146 valence electrons. The first-order chi connectivity index (χ1) is 13.3. The van der Waals surface area contributed by atoms with E-state index in [1.807, 2.05) is 0 Å². The van der Waals surface area contributed by atoms with Crippen LogP contribution in [0.15, 0.2) is 30.7 Å². The summed E-state index contributed by atoms with van der Waals surface area (Å²) in [5, 5.41) is 21.7. The number of rotatable bonds is 6. The lowest BCUT2D eigenvalue weighted by Crippen LogP contribution is -2.24. The number of hydrogen-bond acceptors (Lipinski definition) is 6. The fourth-order valence-electron chi connectivity index (χ4n) is 2.46. The monoisotopic (exact) mass is 407 g/mol. The molecule has 3 aromatic rings. The van der Waals surface area contributed by atoms with Crippen molar-refractivity contribution in [1.29, 1.82) is 0 Å². The molecule has 0 spiro atoms. The van der Waals surface area contributed by atoms with Crippen LogP contribution < -0.4 is 5.32 Å². The Balaban J connectivity index is 1.70. The minimum atomic E-state index is -0.833. The molecule has 2 heterocycles. The SMILES string of the molecule is Cc1nn(C(C)C(=O)Nc2ncn(Cc3c(F)cccc3Cl)n2)cc1[N+](=O)[O-]. The molecule has 1 N–H and O–H groups in total. The predicted molar refractivity (Wildman–Crippen MR) is 97.5 cm³/mol. The summed E-state index contributed by atoms with van der Waals surface area (Å²) in [6, 6.07) is 3.51. The van der Waals surface area contributed by atoms with Gasteiger partial charge in [-0.2, -0.15) is 5.10 Å². The second-order valence-corrected chi connectivity index (χ2v) is 6.38. The molecule has 1 unspecified atom stereocenters. The van der Waals surface area contributed by atoms with Crippen molar-refractivity contribution in [3.63, 3.8) is 0 Å². The van der Waals surface area contributed by atoms with Gasteiger partial charge in [-0.05, 0) is 26.0 Å². The largest absolute Gasteiger partial charge is 0.309 e. The van der Waals surface area contributed by atoms with E-state index in [-0.39, 0.29) is 34.5 Å². The smallest absolute Gasteiger partial charge is 0.291 e. The third-order valence-electron chi connectivity index (χ3n) is 4.02. The molecule has 0 bridgehead atoms. The fraction of sp³-hybridized carbons (Fsp3) is 0.250. The van der Waals surface area contributed by atoms with Gasteiger partial charge >= 0.3 is 5.69 Å². The van der Waals surface area contributed by atoms with Gasteiger partial charge in [0.05, 0.1) is 11.5 Å². The first kappa shape index (κ1) is 19.4. The van der Waals surface area contributed by atoms with Gasteiger partial charge in [0, 0.05) is 10.6 Å². The van der Waals surface area contributed by atoms with E-state index in [1.165, 1.54) is 47.9 Å². The number of nitrogens with one attached hydrogen (secondary N) is 1. The summed E-state index contributed by atoms with van der Waals surface area (Å²) < 4.78 is 16.4. The van der Waals surface area contributed by atoms with Crippen molar-refractivity contribution >= 4 is 29.1 Å². The number of halogens is 2. The summed E-state index contributed by atoms with van der Waals surface area (Å²) in [5.74, 6) is -0.986. The van der Waals surface area contributed by atoms with Crippen LogP contribution in [0.4, 0.5) is 16.0 Å². The molecule has 0 fully saturated rings. The molecule has 1 atom stereocenters. The molecule has 0 saturated heterocycles. The molecule has 12 heteroatoms. The highest BCUT2D eigenvalue weighted by atomic mass is 35.5. The Bertz CT molecular complexity index is 1030. The van der Waals surface area contributed by atoms with E-state index in [9.17, 15) is 19.3 Å². The third-order valence-corrected chi connectivity index (χ3v) is 4.37. The minimum absolute atomic E-state index is 0.00249. The van der Waals surface area contributed by atoms with E-state index < -0.39 is 22.7 Å². The van der Waals surface area contributed by atoms with Gasteiger partial charge in [0.15, 0.2) is 0 Å². The average molecular weight is 408 g/mol. The number of aryl methyl sites for hydroxylation is 1. The molecule has 0 radical (unpaired) electrons. The molecule has 0 aliphatic carbocycles. The molecule has 28 heavy (non-hydrogen) atoms. The van der Waals surface area contributed by atoms with Gasteiger partial charge in [0.2, 0.25) is 5.95 Å². The summed E-state index contributed by atoms with van der Waals surface area (Å²) in [6.45, 7) is 3.05. The van der Waals surface area contributed by atoms with Crippen LogP contribution in [0, 0.1) is 22.9 Å². The van der Waals surface area contributed by atoms with Crippen LogP contribution in [-0.2, 0) is 11.3 Å². The number of carbonyl (C=O) groups excluding carboxylic acids is 1. The van der Waals surface area contributed by atoms with Crippen molar-refractivity contribution in [2.75, 3.05) is 5.32 Å². The van der Waals surface area contributed by atoms with Crippen molar-refractivity contribution in [3.8, 4) is 0 Å². The van der Waals surface area contributed by atoms with Crippen molar-refractivity contribution in [1.82, 2.24) is 24.5 Å². The maximum Gasteiger partial charge on any atom is 0.309 e. The van der Waals surface area contributed by atoms with Crippen LogP contribution in [0.2, 0.25) is 5.02 Å². The summed E-state index contributed by atoms with van der Waals surface area (Å²) in [4.78, 5) is 26.7. The number of nitro groups is 1. The average Bonchev–Trinajstić information content (AvgIpc) is 3.24. The van der Waals surface area contributed by atoms with Gasteiger partial charge in [0.1, 0.15) is 30.1 Å². The molecule has 2 aromatic heterocycles. The summed E-state index contributed by atoms with van der Waals surface area (Å²) in [7, 11) is 0. The zero-order chi connectivity index (χ0) is 20.4. The number of carbonyl (C=O) groups is 1. The molecule has 0 aliphatic heterocycles. The number of anilines is 1. The van der Waals surface area contributed by atoms with Gasteiger partial charge in [-0.15, -0.1) is 5.10 Å². The molecule has 1 amide bonds. The number of nitrogens with zero attached hydrogens (tertiary/aromatic N) is 6. The Hall–Kier alpha value is -3.34. The van der Waals surface area contributed by atoms with Crippen LogP contribution in [0.25, 0.3) is 0 Å². The Morgan fingerprint density at radius 2 is 2.18 bits per heavy atom. The molecule has 0 saturated carbocycles. The summed E-state index contributed by atoms with van der Waals surface area (Å²) in [6.07, 6.45) is 2.51. The second kappa shape index (κ2) is 7.72. The number of aromatic nitrogens is 5. The second-order valence-electron chi connectivity index (χ2n) is 5.97. The Labute approximate surface area is 163 Å². The van der Waals surface area contributed by atoms with Crippen molar-refractivity contribution in [3.05, 3.63) is 62.9 Å². The van der Waals surface area contributed by atoms with Gasteiger partial charge in [-0.1, -0.05) is 17.7 Å². The lowest BCUT2D eigenvalue weighted by Gasteiger charge is -2.10. The van der Waals surface area contributed by atoms with E-state index in [0.29, 0.717) is 0 Å². The van der Waals surface area contributed by atoms with Gasteiger partial charge in [-0.3, -0.25) is 24.9 Å². The molecule has 10 nitrogen and oxygen atoms in total. The number of amides is 1. The minimum Gasteiger partial charge on any atom is -0.291 e. The standard InChI is InChI=1S/C16H15ClFN7O3/c1-9-14(25(27)28)7-24(21-9)10(2)15(26)20-16-19-8-23(22-16)6-11-12(17)4-3-5-13(11)18/h3-5,7-8,10H,6H2,1-2H3,(H,20,22,26). The van der Waals surface area contributed by atoms with Crippen LogP contribution >= 0.6 is 11.6 Å². The lowest BCUT2D eigenvalue weighted by atomic mass is 10.2. The maximum atomic E-state index is 13.9. The van der Waals surface area contributed by atoms with Crippen molar-refractivity contribution in [2.45, 2.75) is 26.4 Å². The third kappa shape index (κ3) is 3.98. The van der Waals surface area contributed by atoms with Crippen LogP contribution in [-0.4, -0.2) is 35.4 Å². The molecule has 3 rings (SSSR count). The van der Waals surface area contributed by atoms with E-state index in [0.717, 1.165) is 0 Å². The van der Waals surface area contributed by atoms with Crippen LogP contribution in [0.5, 0.6) is 0 Å². The fourth-order valence-corrected chi connectivity index (χ4v) is 2.68. The zero-order valence-corrected chi connectivity index (χ0v) is 15.6. The summed E-state index contributed by atoms with van der Waals surface area (Å²) in [5.41, 5.74) is 0.275. The maximum absolute atomic E-state index is 13.9. The van der Waals surface area contributed by atoms with Crippen molar-refractivity contribution < 1.29 is 14.1 Å². The first-order valence-electron chi connectivity index (χ1n) is 8.09. The first-order valence-corrected chi connectivity index (χ1v) is 8.47. The Morgan fingerprint density at radius 3 is 2.82 bits per heavy atom. The highest BCUT2D eigenvalue weighted by Gasteiger charge is 2.23. The number of hydrogen-bond donors (Lipinski definition) is 1. The molecular weight excluding hydrogens is 393 g/mol. The van der Waals surface area contributed by atoms with E-state index in [4.69, 9.17) is 11.6 Å². The quantitative estimate of drug-likeness (QED) is 0.495. The van der Waals surface area contributed by atoms with E-state index in [2.05, 4.69) is 20.5 Å². The predicted octanol–water partition coefficient (Wildman–Crippen LogP) is 2.73. The topological polar surface area (TPSA) is 121 Å². The number of benzene rings is 1. The van der Waals surface area contributed by atoms with Gasteiger partial charge in [0.25, 0.3) is 5.91 Å². The highest BCUT2D eigenvalue weighted by Crippen LogP contribution is 2.21. The van der Waals surface area contributed by atoms with E-state index >= 15 is 0 Å². The van der Waals surface area contributed by atoms with Crippen molar-refractivity contribution in [2.24, 2.45) is 0 Å². The molecular formula is C16H15ClFN7O3. The van der Waals surface area contributed by atoms with Gasteiger partial charge in [-0.25, -0.2) is 14.1 Å². The summed E-state index contributed by atoms with van der Waals surface area (Å²) >= 11 is 5.99. The van der Waals surface area contributed by atoms with Crippen LogP contribution in [0.1, 0.15) is 24.2 Å². The van der Waals surface area contributed by atoms with Gasteiger partial charge < -0.3 is 0 Å². The normalized spacial score (nSPS) is 12.0. The Kier molecular flexibility index (Phi) is 5.36. The molecule has 0 aliphatic rings.